The molecule has 0 bridgehead atoms. The molecule has 2 aromatic rings. The summed E-state index contributed by atoms with van der Waals surface area (Å²) in [5, 5.41) is 2.77. The van der Waals surface area contributed by atoms with E-state index in [4.69, 9.17) is 4.74 Å². The monoisotopic (exact) mass is 519 g/mol. The highest BCUT2D eigenvalue weighted by Gasteiger charge is 2.26. The first-order valence-electron chi connectivity index (χ1n) is 11.6. The van der Waals surface area contributed by atoms with Gasteiger partial charge in [-0.25, -0.2) is 8.42 Å². The molecule has 0 spiro atoms. The number of methoxy groups -OCH3 is 1. The van der Waals surface area contributed by atoms with Crippen molar-refractivity contribution in [2.75, 3.05) is 44.3 Å². The molecule has 1 heterocycles. The van der Waals surface area contributed by atoms with Gasteiger partial charge in [0.2, 0.25) is 0 Å². The SMILES string of the molecule is COCCCNC(=O)c1ccccc1NS(=O)(=O)c1ccc(SC)c(C(=O)N2CCC(C)CC2)c1. The number of benzene rings is 2. The molecular weight excluding hydrogens is 486 g/mol. The second-order valence-electron chi connectivity index (χ2n) is 8.59. The maximum Gasteiger partial charge on any atom is 0.261 e. The molecule has 0 unspecified atom stereocenters. The van der Waals surface area contributed by atoms with Gasteiger partial charge in [0.05, 0.1) is 21.7 Å². The highest BCUT2D eigenvalue weighted by Crippen LogP contribution is 2.28. The Bertz CT molecular complexity index is 1150. The molecule has 1 aliphatic rings. The lowest BCUT2D eigenvalue weighted by atomic mass is 9.98. The Morgan fingerprint density at radius 3 is 2.51 bits per heavy atom. The molecule has 0 aromatic heterocycles. The number of amides is 2. The summed E-state index contributed by atoms with van der Waals surface area (Å²) in [5.74, 6) is 0.0358. The summed E-state index contributed by atoms with van der Waals surface area (Å²) in [6, 6.07) is 11.0. The molecule has 3 rings (SSSR count). The van der Waals surface area contributed by atoms with Crippen LogP contribution in [0.15, 0.2) is 52.3 Å². The van der Waals surface area contributed by atoms with Gasteiger partial charge in [-0.3, -0.25) is 14.3 Å². The van der Waals surface area contributed by atoms with E-state index in [1.165, 1.54) is 23.9 Å². The minimum Gasteiger partial charge on any atom is -0.385 e. The maximum atomic E-state index is 13.3. The zero-order valence-corrected chi connectivity index (χ0v) is 22.0. The Labute approximate surface area is 211 Å². The summed E-state index contributed by atoms with van der Waals surface area (Å²) < 4.78 is 34.1. The number of para-hydroxylation sites is 1. The van der Waals surface area contributed by atoms with Crippen LogP contribution in [0, 0.1) is 5.92 Å². The first-order chi connectivity index (χ1) is 16.8. The molecule has 0 radical (unpaired) electrons. The van der Waals surface area contributed by atoms with Gasteiger partial charge in [0.1, 0.15) is 0 Å². The van der Waals surface area contributed by atoms with Gasteiger partial charge in [0, 0.05) is 38.2 Å². The lowest BCUT2D eigenvalue weighted by Crippen LogP contribution is -2.38. The summed E-state index contributed by atoms with van der Waals surface area (Å²) >= 11 is 1.40. The number of likely N-dealkylation sites (tertiary alicyclic amines) is 1. The highest BCUT2D eigenvalue weighted by atomic mass is 32.2. The average molecular weight is 520 g/mol. The van der Waals surface area contributed by atoms with Gasteiger partial charge in [0.25, 0.3) is 21.8 Å². The molecule has 1 saturated heterocycles. The van der Waals surface area contributed by atoms with E-state index < -0.39 is 10.0 Å². The standard InChI is InChI=1S/C25H33N3O5S2/c1-18-11-14-28(15-12-18)25(30)21-17-19(9-10-23(21)34-3)35(31,32)27-22-8-5-4-7-20(22)24(29)26-13-6-16-33-2/h4-5,7-10,17-18,27H,6,11-16H2,1-3H3,(H,26,29). The Morgan fingerprint density at radius 2 is 1.83 bits per heavy atom. The number of hydrogen-bond acceptors (Lipinski definition) is 6. The Morgan fingerprint density at radius 1 is 1.11 bits per heavy atom. The van der Waals surface area contributed by atoms with Crippen molar-refractivity contribution in [3.8, 4) is 0 Å². The fourth-order valence-corrected chi connectivity index (χ4v) is 5.57. The lowest BCUT2D eigenvalue weighted by molar-refractivity contribution is 0.0693. The minimum atomic E-state index is -4.05. The fourth-order valence-electron chi connectivity index (χ4n) is 3.89. The highest BCUT2D eigenvalue weighted by molar-refractivity contribution is 7.98. The van der Waals surface area contributed by atoms with Crippen LogP contribution in [0.2, 0.25) is 0 Å². The molecule has 0 saturated carbocycles. The number of nitrogens with zero attached hydrogens (tertiary/aromatic N) is 1. The molecule has 190 valence electrons. The van der Waals surface area contributed by atoms with Gasteiger partial charge in [-0.1, -0.05) is 19.1 Å². The van der Waals surface area contributed by atoms with Gasteiger partial charge in [-0.05, 0) is 61.8 Å². The number of carbonyl (C=O) groups excluding carboxylic acids is 2. The Balaban J connectivity index is 1.84. The van der Waals surface area contributed by atoms with Crippen molar-refractivity contribution in [1.82, 2.24) is 10.2 Å². The van der Waals surface area contributed by atoms with Crippen LogP contribution < -0.4 is 10.0 Å². The molecular formula is C25H33N3O5S2. The van der Waals surface area contributed by atoms with Gasteiger partial charge < -0.3 is 15.0 Å². The number of anilines is 1. The van der Waals surface area contributed by atoms with Gasteiger partial charge in [-0.2, -0.15) is 0 Å². The Kier molecular flexibility index (Phi) is 9.59. The van der Waals surface area contributed by atoms with Crippen molar-refractivity contribution in [1.29, 1.82) is 0 Å². The summed E-state index contributed by atoms with van der Waals surface area (Å²) in [7, 11) is -2.46. The fraction of sp³-hybridized carbons (Fsp3) is 0.440. The molecule has 2 aromatic carbocycles. The van der Waals surface area contributed by atoms with Crippen LogP contribution in [-0.4, -0.2) is 64.7 Å². The van der Waals surface area contributed by atoms with Crippen molar-refractivity contribution in [3.05, 3.63) is 53.6 Å². The topological polar surface area (TPSA) is 105 Å². The first-order valence-corrected chi connectivity index (χ1v) is 14.3. The van der Waals surface area contributed by atoms with E-state index in [1.54, 1.807) is 42.3 Å². The van der Waals surface area contributed by atoms with Crippen LogP contribution in [0.5, 0.6) is 0 Å². The number of nitrogens with one attached hydrogen (secondary N) is 2. The van der Waals surface area contributed by atoms with Crippen molar-refractivity contribution < 1.29 is 22.7 Å². The number of thioether (sulfide) groups is 1. The summed E-state index contributed by atoms with van der Waals surface area (Å²) in [6.07, 6.45) is 4.37. The molecule has 2 N–H and O–H groups in total. The largest absolute Gasteiger partial charge is 0.385 e. The van der Waals surface area contributed by atoms with E-state index in [2.05, 4.69) is 17.0 Å². The van der Waals surface area contributed by atoms with Crippen LogP contribution in [-0.2, 0) is 14.8 Å². The maximum absolute atomic E-state index is 13.3. The molecule has 0 aliphatic carbocycles. The van der Waals surface area contributed by atoms with Crippen LogP contribution >= 0.6 is 11.8 Å². The predicted molar refractivity (Wildman–Crippen MR) is 139 cm³/mol. The molecule has 35 heavy (non-hydrogen) atoms. The first kappa shape index (κ1) is 27.0. The quantitative estimate of drug-likeness (QED) is 0.365. The summed E-state index contributed by atoms with van der Waals surface area (Å²) in [4.78, 5) is 28.4. The number of hydrogen-bond donors (Lipinski definition) is 2. The van der Waals surface area contributed by atoms with E-state index in [0.717, 1.165) is 17.7 Å². The van der Waals surface area contributed by atoms with E-state index in [0.29, 0.717) is 44.1 Å². The predicted octanol–water partition coefficient (Wildman–Crippen LogP) is 3.85. The zero-order chi connectivity index (χ0) is 25.4. The lowest BCUT2D eigenvalue weighted by Gasteiger charge is -2.30. The van der Waals surface area contributed by atoms with E-state index >= 15 is 0 Å². The van der Waals surface area contributed by atoms with Crippen LogP contribution in [0.1, 0.15) is 46.9 Å². The minimum absolute atomic E-state index is 0.0284. The Hall–Kier alpha value is -2.56. The van der Waals surface area contributed by atoms with Crippen LogP contribution in [0.3, 0.4) is 0 Å². The third kappa shape index (κ3) is 6.99. The smallest absolute Gasteiger partial charge is 0.261 e. The van der Waals surface area contributed by atoms with Crippen molar-refractivity contribution >= 4 is 39.3 Å². The van der Waals surface area contributed by atoms with Gasteiger partial charge in [-0.15, -0.1) is 11.8 Å². The number of piperidine rings is 1. The van der Waals surface area contributed by atoms with Crippen molar-refractivity contribution in [2.45, 2.75) is 36.0 Å². The third-order valence-electron chi connectivity index (χ3n) is 6.01. The second-order valence-corrected chi connectivity index (χ2v) is 11.1. The average Bonchev–Trinajstić information content (AvgIpc) is 2.86. The van der Waals surface area contributed by atoms with Gasteiger partial charge in [0.15, 0.2) is 0 Å². The van der Waals surface area contributed by atoms with Crippen molar-refractivity contribution in [3.63, 3.8) is 0 Å². The van der Waals surface area contributed by atoms with Crippen molar-refractivity contribution in [2.24, 2.45) is 5.92 Å². The number of sulfonamides is 1. The molecule has 1 fully saturated rings. The zero-order valence-electron chi connectivity index (χ0n) is 20.4. The number of ether oxygens (including phenoxy) is 1. The van der Waals surface area contributed by atoms with E-state index in [-0.39, 0.29) is 28.0 Å². The normalized spacial score (nSPS) is 14.5. The van der Waals surface area contributed by atoms with Crippen LogP contribution in [0.4, 0.5) is 5.69 Å². The molecule has 0 atom stereocenters. The van der Waals surface area contributed by atoms with Crippen LogP contribution in [0.25, 0.3) is 0 Å². The molecule has 10 heteroatoms. The number of carbonyl (C=O) groups is 2. The second kappa shape index (κ2) is 12.4. The molecule has 8 nitrogen and oxygen atoms in total. The summed E-state index contributed by atoms with van der Waals surface area (Å²) in [5.41, 5.74) is 0.760. The van der Waals surface area contributed by atoms with E-state index in [1.807, 2.05) is 6.26 Å². The third-order valence-corrected chi connectivity index (χ3v) is 8.17. The summed E-state index contributed by atoms with van der Waals surface area (Å²) in [6.45, 7) is 4.42. The molecule has 1 aliphatic heterocycles. The van der Waals surface area contributed by atoms with Gasteiger partial charge >= 0.3 is 0 Å². The number of rotatable bonds is 10. The molecule has 2 amide bonds. The van der Waals surface area contributed by atoms with E-state index in [9.17, 15) is 18.0 Å².